The van der Waals surface area contributed by atoms with Crippen LogP contribution in [0.25, 0.3) is 16.9 Å². The van der Waals surface area contributed by atoms with E-state index in [1.54, 1.807) is 11.7 Å². The van der Waals surface area contributed by atoms with Gasteiger partial charge in [0.25, 0.3) is 0 Å². The molecule has 8 nitrogen and oxygen atoms in total. The summed E-state index contributed by atoms with van der Waals surface area (Å²) >= 11 is 0. The second-order valence-electron chi connectivity index (χ2n) is 8.06. The molecule has 1 aliphatic rings. The van der Waals surface area contributed by atoms with E-state index in [1.807, 2.05) is 50.5 Å². The lowest BCUT2D eigenvalue weighted by molar-refractivity contribution is 0.302. The normalized spacial score (nSPS) is 13.5. The van der Waals surface area contributed by atoms with Crippen molar-refractivity contribution < 1.29 is 4.74 Å². The molecule has 0 N–H and O–H groups in total. The molecule has 1 fully saturated rings. The quantitative estimate of drug-likeness (QED) is 0.482. The predicted molar refractivity (Wildman–Crippen MR) is 116 cm³/mol. The largest absolute Gasteiger partial charge is 0.489 e. The molecule has 2 heterocycles. The Hall–Kier alpha value is -3.68. The van der Waals surface area contributed by atoms with Crippen LogP contribution in [0.2, 0.25) is 0 Å². The lowest BCUT2D eigenvalue weighted by Gasteiger charge is -2.16. The molecule has 0 saturated heterocycles. The van der Waals surface area contributed by atoms with Gasteiger partial charge in [-0.25, -0.2) is 4.79 Å². The standard InChI is InChI=1S/C23H24N6O2/c1-15-13-17(20-11-12-27(2)24-20)9-10-22(15)31-14-19-18(16-7-8-16)5-4-6-21(19)29-23(30)28(3)25-26-29/h4-6,9-13,16H,7-8,14H2,1-3H3. The monoisotopic (exact) mass is 416 g/mol. The maximum Gasteiger partial charge on any atom is 0.368 e. The highest BCUT2D eigenvalue weighted by Gasteiger charge is 2.28. The van der Waals surface area contributed by atoms with Gasteiger partial charge in [0, 0.05) is 31.4 Å². The zero-order valence-corrected chi connectivity index (χ0v) is 17.8. The molecule has 4 aromatic rings. The molecule has 0 spiro atoms. The van der Waals surface area contributed by atoms with Gasteiger partial charge in [0.2, 0.25) is 0 Å². The molecule has 8 heteroatoms. The van der Waals surface area contributed by atoms with Crippen molar-refractivity contribution in [2.24, 2.45) is 14.1 Å². The Morgan fingerprint density at radius 3 is 2.58 bits per heavy atom. The van der Waals surface area contributed by atoms with Crippen LogP contribution in [0, 0.1) is 6.92 Å². The fourth-order valence-electron chi connectivity index (χ4n) is 3.88. The molecule has 2 aromatic carbocycles. The molecule has 0 radical (unpaired) electrons. The Labute approximate surface area is 179 Å². The zero-order valence-electron chi connectivity index (χ0n) is 17.8. The number of nitrogens with zero attached hydrogens (tertiary/aromatic N) is 6. The Kier molecular flexibility index (Phi) is 4.69. The second-order valence-corrected chi connectivity index (χ2v) is 8.06. The van der Waals surface area contributed by atoms with Crippen molar-refractivity contribution in [1.29, 1.82) is 0 Å². The number of benzene rings is 2. The summed E-state index contributed by atoms with van der Waals surface area (Å²) in [5.41, 5.74) is 5.68. The highest BCUT2D eigenvalue weighted by molar-refractivity contribution is 5.61. The fraction of sp³-hybridized carbons (Fsp3) is 0.304. The van der Waals surface area contributed by atoms with Crippen molar-refractivity contribution in [2.75, 3.05) is 0 Å². The summed E-state index contributed by atoms with van der Waals surface area (Å²) in [6.45, 7) is 2.39. The molecule has 0 unspecified atom stereocenters. The first kappa shape index (κ1) is 19.3. The average molecular weight is 416 g/mol. The number of aryl methyl sites for hydroxylation is 3. The summed E-state index contributed by atoms with van der Waals surface area (Å²) in [6, 6.07) is 14.1. The van der Waals surface area contributed by atoms with E-state index in [0.717, 1.165) is 46.7 Å². The Balaban J connectivity index is 1.46. The number of hydrogen-bond donors (Lipinski definition) is 0. The Bertz CT molecular complexity index is 1310. The van der Waals surface area contributed by atoms with Gasteiger partial charge in [-0.3, -0.25) is 4.68 Å². The van der Waals surface area contributed by atoms with Crippen molar-refractivity contribution in [1.82, 2.24) is 29.6 Å². The van der Waals surface area contributed by atoms with E-state index >= 15 is 0 Å². The summed E-state index contributed by atoms with van der Waals surface area (Å²) in [5, 5.41) is 12.4. The molecule has 31 heavy (non-hydrogen) atoms. The first-order valence-electron chi connectivity index (χ1n) is 10.4. The van der Waals surface area contributed by atoms with Gasteiger partial charge in [-0.1, -0.05) is 12.1 Å². The summed E-state index contributed by atoms with van der Waals surface area (Å²) in [6.07, 6.45) is 4.24. The van der Waals surface area contributed by atoms with Crippen molar-refractivity contribution >= 4 is 0 Å². The molecule has 1 aliphatic carbocycles. The van der Waals surface area contributed by atoms with E-state index in [-0.39, 0.29) is 5.69 Å². The van der Waals surface area contributed by atoms with Gasteiger partial charge >= 0.3 is 5.69 Å². The van der Waals surface area contributed by atoms with E-state index in [9.17, 15) is 4.79 Å². The van der Waals surface area contributed by atoms with Crippen LogP contribution in [-0.4, -0.2) is 29.6 Å². The van der Waals surface area contributed by atoms with Crippen LogP contribution in [0.3, 0.4) is 0 Å². The van der Waals surface area contributed by atoms with Gasteiger partial charge in [-0.15, -0.1) is 0 Å². The molecule has 0 amide bonds. The minimum Gasteiger partial charge on any atom is -0.489 e. The molecule has 0 atom stereocenters. The Morgan fingerprint density at radius 2 is 1.94 bits per heavy atom. The third-order valence-electron chi connectivity index (χ3n) is 5.71. The average Bonchev–Trinajstić information content (AvgIpc) is 3.44. The van der Waals surface area contributed by atoms with Gasteiger partial charge in [-0.05, 0) is 77.6 Å². The summed E-state index contributed by atoms with van der Waals surface area (Å²) in [5.74, 6) is 1.32. The highest BCUT2D eigenvalue weighted by atomic mass is 16.5. The lowest BCUT2D eigenvalue weighted by Crippen LogP contribution is -2.23. The smallest absolute Gasteiger partial charge is 0.368 e. The van der Waals surface area contributed by atoms with E-state index in [1.165, 1.54) is 14.9 Å². The van der Waals surface area contributed by atoms with Crippen molar-refractivity contribution in [3.63, 3.8) is 0 Å². The van der Waals surface area contributed by atoms with E-state index in [2.05, 4.69) is 27.7 Å². The van der Waals surface area contributed by atoms with Crippen LogP contribution < -0.4 is 10.4 Å². The van der Waals surface area contributed by atoms with Gasteiger partial charge in [0.15, 0.2) is 0 Å². The van der Waals surface area contributed by atoms with Crippen LogP contribution in [0.5, 0.6) is 5.75 Å². The fourth-order valence-corrected chi connectivity index (χ4v) is 3.88. The van der Waals surface area contributed by atoms with Gasteiger partial charge < -0.3 is 4.74 Å². The van der Waals surface area contributed by atoms with E-state index < -0.39 is 0 Å². The minimum atomic E-state index is -0.273. The van der Waals surface area contributed by atoms with Crippen LogP contribution in [0.15, 0.2) is 53.5 Å². The molecule has 5 rings (SSSR count). The Morgan fingerprint density at radius 1 is 1.10 bits per heavy atom. The number of hydrogen-bond acceptors (Lipinski definition) is 5. The molecule has 0 aliphatic heterocycles. The number of ether oxygens (including phenoxy) is 1. The van der Waals surface area contributed by atoms with Crippen molar-refractivity contribution in [3.05, 3.63) is 75.8 Å². The third-order valence-corrected chi connectivity index (χ3v) is 5.71. The lowest BCUT2D eigenvalue weighted by atomic mass is 10.0. The van der Waals surface area contributed by atoms with Crippen LogP contribution in [0.1, 0.15) is 35.4 Å². The van der Waals surface area contributed by atoms with Crippen molar-refractivity contribution in [2.45, 2.75) is 32.3 Å². The molecule has 2 aromatic heterocycles. The van der Waals surface area contributed by atoms with Crippen LogP contribution >= 0.6 is 0 Å². The molecule has 1 saturated carbocycles. The number of tetrazole rings is 1. The highest BCUT2D eigenvalue weighted by Crippen LogP contribution is 2.43. The summed E-state index contributed by atoms with van der Waals surface area (Å²) in [7, 11) is 3.50. The first-order chi connectivity index (χ1) is 15.0. The van der Waals surface area contributed by atoms with Crippen LogP contribution in [0.4, 0.5) is 0 Å². The van der Waals surface area contributed by atoms with E-state index in [0.29, 0.717) is 12.5 Å². The zero-order chi connectivity index (χ0) is 21.5. The van der Waals surface area contributed by atoms with Gasteiger partial charge in [-0.2, -0.15) is 14.5 Å². The molecular weight excluding hydrogens is 392 g/mol. The first-order valence-corrected chi connectivity index (χ1v) is 10.4. The van der Waals surface area contributed by atoms with E-state index in [4.69, 9.17) is 4.74 Å². The summed E-state index contributed by atoms with van der Waals surface area (Å²) < 4.78 is 10.6. The van der Waals surface area contributed by atoms with Crippen LogP contribution in [-0.2, 0) is 20.7 Å². The minimum absolute atomic E-state index is 0.273. The van der Waals surface area contributed by atoms with Gasteiger partial charge in [0.1, 0.15) is 12.4 Å². The second kappa shape index (κ2) is 7.54. The van der Waals surface area contributed by atoms with Crippen molar-refractivity contribution in [3.8, 4) is 22.7 Å². The SMILES string of the molecule is Cc1cc(-c2ccn(C)n2)ccc1OCc1c(C2CC2)cccc1-n1nnn(C)c1=O. The molecule has 0 bridgehead atoms. The predicted octanol–water partition coefficient (Wildman–Crippen LogP) is 3.13. The molecular formula is C23H24N6O2. The summed E-state index contributed by atoms with van der Waals surface area (Å²) in [4.78, 5) is 12.5. The maximum absolute atomic E-state index is 12.5. The third kappa shape index (κ3) is 3.65. The number of rotatable bonds is 6. The topological polar surface area (TPSA) is 79.8 Å². The molecule has 158 valence electrons. The van der Waals surface area contributed by atoms with Gasteiger partial charge in [0.05, 0.1) is 11.4 Å². The maximum atomic E-state index is 12.5. The number of aromatic nitrogens is 6.